The molecule has 0 bridgehead atoms. The Hall–Kier alpha value is -2.82. The van der Waals surface area contributed by atoms with Gasteiger partial charge in [0.15, 0.2) is 0 Å². The van der Waals surface area contributed by atoms with E-state index in [4.69, 9.17) is 23.2 Å². The van der Waals surface area contributed by atoms with Crippen LogP contribution in [0.2, 0.25) is 10.0 Å². The smallest absolute Gasteiger partial charge is 0.229 e. The molecule has 0 atom stereocenters. The summed E-state index contributed by atoms with van der Waals surface area (Å²) in [6.45, 7) is 0.666. The van der Waals surface area contributed by atoms with Crippen molar-refractivity contribution in [2.75, 3.05) is 10.6 Å². The second kappa shape index (κ2) is 7.82. The van der Waals surface area contributed by atoms with Crippen LogP contribution in [0.25, 0.3) is 10.9 Å². The monoisotopic (exact) mass is 394 g/mol. The first-order chi connectivity index (χ1) is 13.2. The lowest BCUT2D eigenvalue weighted by Crippen LogP contribution is -2.06. The molecule has 0 spiro atoms. The molecule has 1 heterocycles. The van der Waals surface area contributed by atoms with Crippen molar-refractivity contribution in [1.29, 1.82) is 0 Å². The Bertz CT molecular complexity index is 1080. The summed E-state index contributed by atoms with van der Waals surface area (Å²) in [6, 6.07) is 23.5. The lowest BCUT2D eigenvalue weighted by molar-refractivity contribution is 1.10. The van der Waals surface area contributed by atoms with Crippen LogP contribution in [-0.4, -0.2) is 9.97 Å². The van der Waals surface area contributed by atoms with E-state index in [2.05, 4.69) is 32.7 Å². The first-order valence-electron chi connectivity index (χ1n) is 8.46. The van der Waals surface area contributed by atoms with Crippen LogP contribution < -0.4 is 10.6 Å². The van der Waals surface area contributed by atoms with Gasteiger partial charge >= 0.3 is 0 Å². The lowest BCUT2D eigenvalue weighted by Gasteiger charge is -2.13. The summed E-state index contributed by atoms with van der Waals surface area (Å²) in [6.07, 6.45) is 0. The standard InChI is InChI=1S/C21H16Cl2N4/c22-16-10-6-12-18(19(16)23)26-21-25-17-11-5-4-9-15(17)20(27-21)24-13-14-7-2-1-3-8-14/h1-12H,13H2,(H2,24,25,26,27). The molecule has 4 nitrogen and oxygen atoms in total. The summed E-state index contributed by atoms with van der Waals surface area (Å²) in [5.74, 6) is 1.21. The summed E-state index contributed by atoms with van der Waals surface area (Å²) in [4.78, 5) is 9.24. The topological polar surface area (TPSA) is 49.8 Å². The van der Waals surface area contributed by atoms with E-state index in [9.17, 15) is 0 Å². The molecule has 4 aromatic rings. The Labute approximate surface area is 167 Å². The molecule has 0 aliphatic rings. The average molecular weight is 395 g/mol. The largest absolute Gasteiger partial charge is 0.365 e. The normalized spacial score (nSPS) is 10.7. The van der Waals surface area contributed by atoms with Crippen LogP contribution in [0.1, 0.15) is 5.56 Å². The van der Waals surface area contributed by atoms with Gasteiger partial charge in [-0.05, 0) is 29.8 Å². The van der Waals surface area contributed by atoms with Gasteiger partial charge in [-0.1, -0.05) is 71.7 Å². The molecule has 0 unspecified atom stereocenters. The Balaban J connectivity index is 1.68. The molecule has 0 amide bonds. The van der Waals surface area contributed by atoms with Crippen molar-refractivity contribution in [2.45, 2.75) is 6.54 Å². The van der Waals surface area contributed by atoms with Crippen LogP contribution in [0.5, 0.6) is 0 Å². The van der Waals surface area contributed by atoms with Crippen molar-refractivity contribution in [2.24, 2.45) is 0 Å². The predicted octanol–water partition coefficient (Wildman–Crippen LogP) is 6.29. The number of nitrogens with zero attached hydrogens (tertiary/aromatic N) is 2. The summed E-state index contributed by atoms with van der Waals surface area (Å²) in [5, 5.41) is 8.44. The minimum Gasteiger partial charge on any atom is -0.365 e. The highest BCUT2D eigenvalue weighted by Gasteiger charge is 2.10. The molecule has 27 heavy (non-hydrogen) atoms. The predicted molar refractivity (Wildman–Crippen MR) is 113 cm³/mol. The second-order valence-corrected chi connectivity index (χ2v) is 6.76. The van der Waals surface area contributed by atoms with Crippen LogP contribution in [0.15, 0.2) is 72.8 Å². The Morgan fingerprint density at radius 2 is 1.56 bits per heavy atom. The first-order valence-corrected chi connectivity index (χ1v) is 9.22. The van der Waals surface area contributed by atoms with E-state index < -0.39 is 0 Å². The van der Waals surface area contributed by atoms with Crippen molar-refractivity contribution in [1.82, 2.24) is 9.97 Å². The van der Waals surface area contributed by atoms with Gasteiger partial charge in [-0.2, -0.15) is 4.98 Å². The maximum Gasteiger partial charge on any atom is 0.229 e. The number of para-hydroxylation sites is 1. The van der Waals surface area contributed by atoms with Crippen LogP contribution >= 0.6 is 23.2 Å². The van der Waals surface area contributed by atoms with E-state index >= 15 is 0 Å². The molecule has 134 valence electrons. The summed E-state index contributed by atoms with van der Waals surface area (Å²) in [5.41, 5.74) is 2.67. The fourth-order valence-electron chi connectivity index (χ4n) is 2.77. The number of fused-ring (bicyclic) bond motifs is 1. The summed E-state index contributed by atoms with van der Waals surface area (Å²) >= 11 is 12.4. The summed E-state index contributed by atoms with van der Waals surface area (Å²) < 4.78 is 0. The van der Waals surface area contributed by atoms with Crippen LogP contribution in [-0.2, 0) is 6.54 Å². The number of nitrogens with one attached hydrogen (secondary N) is 2. The highest BCUT2D eigenvalue weighted by molar-refractivity contribution is 6.43. The van der Waals surface area contributed by atoms with Gasteiger partial charge in [-0.15, -0.1) is 0 Å². The average Bonchev–Trinajstić information content (AvgIpc) is 2.70. The Kier molecular flexibility index (Phi) is 5.10. The van der Waals surface area contributed by atoms with Gasteiger partial charge in [-0.25, -0.2) is 4.98 Å². The van der Waals surface area contributed by atoms with E-state index in [-0.39, 0.29) is 0 Å². The van der Waals surface area contributed by atoms with E-state index in [1.165, 1.54) is 5.56 Å². The zero-order valence-electron chi connectivity index (χ0n) is 14.3. The quantitative estimate of drug-likeness (QED) is 0.417. The molecule has 0 saturated carbocycles. The minimum atomic E-state index is 0.440. The molecule has 0 saturated heterocycles. The highest BCUT2D eigenvalue weighted by Crippen LogP contribution is 2.32. The van der Waals surface area contributed by atoms with E-state index in [0.29, 0.717) is 28.2 Å². The first kappa shape index (κ1) is 17.6. The number of rotatable bonds is 5. The third-order valence-corrected chi connectivity index (χ3v) is 4.92. The fourth-order valence-corrected chi connectivity index (χ4v) is 3.12. The molecule has 3 aromatic carbocycles. The molecule has 4 rings (SSSR count). The second-order valence-electron chi connectivity index (χ2n) is 5.98. The van der Waals surface area contributed by atoms with E-state index in [1.807, 2.05) is 54.6 Å². The number of anilines is 3. The van der Waals surface area contributed by atoms with Crippen molar-refractivity contribution >= 4 is 51.6 Å². The van der Waals surface area contributed by atoms with Crippen LogP contribution in [0.3, 0.4) is 0 Å². The van der Waals surface area contributed by atoms with Crippen molar-refractivity contribution in [3.8, 4) is 0 Å². The Morgan fingerprint density at radius 3 is 2.41 bits per heavy atom. The van der Waals surface area contributed by atoms with E-state index in [1.54, 1.807) is 6.07 Å². The van der Waals surface area contributed by atoms with Gasteiger partial charge in [0.25, 0.3) is 0 Å². The Morgan fingerprint density at radius 1 is 0.778 bits per heavy atom. The molecule has 2 N–H and O–H groups in total. The summed E-state index contributed by atoms with van der Waals surface area (Å²) in [7, 11) is 0. The van der Waals surface area contributed by atoms with Crippen LogP contribution in [0.4, 0.5) is 17.5 Å². The molecular formula is C21H16Cl2N4. The van der Waals surface area contributed by atoms with Crippen LogP contribution in [0, 0.1) is 0 Å². The number of aromatic nitrogens is 2. The third-order valence-electron chi connectivity index (χ3n) is 4.10. The number of halogens is 2. The fraction of sp³-hybridized carbons (Fsp3) is 0.0476. The maximum absolute atomic E-state index is 6.28. The van der Waals surface area contributed by atoms with Crippen molar-refractivity contribution in [3.63, 3.8) is 0 Å². The zero-order chi connectivity index (χ0) is 18.6. The molecule has 0 fully saturated rings. The molecule has 1 aromatic heterocycles. The van der Waals surface area contributed by atoms with E-state index in [0.717, 1.165) is 16.7 Å². The number of hydrogen-bond acceptors (Lipinski definition) is 4. The van der Waals surface area contributed by atoms with Gasteiger partial charge in [0.05, 0.1) is 21.2 Å². The van der Waals surface area contributed by atoms with Gasteiger partial charge in [0.1, 0.15) is 5.82 Å². The molecule has 0 aliphatic carbocycles. The zero-order valence-corrected chi connectivity index (χ0v) is 15.8. The third kappa shape index (κ3) is 3.97. The molecule has 0 radical (unpaired) electrons. The SMILES string of the molecule is Clc1cccc(Nc2nc(NCc3ccccc3)c3ccccc3n2)c1Cl. The van der Waals surface area contributed by atoms with Gasteiger partial charge in [0.2, 0.25) is 5.95 Å². The number of benzene rings is 3. The number of hydrogen-bond donors (Lipinski definition) is 2. The van der Waals surface area contributed by atoms with Gasteiger partial charge in [0, 0.05) is 11.9 Å². The van der Waals surface area contributed by atoms with Crippen molar-refractivity contribution in [3.05, 3.63) is 88.4 Å². The highest BCUT2D eigenvalue weighted by atomic mass is 35.5. The van der Waals surface area contributed by atoms with Gasteiger partial charge in [-0.3, -0.25) is 0 Å². The minimum absolute atomic E-state index is 0.440. The van der Waals surface area contributed by atoms with Crippen molar-refractivity contribution < 1.29 is 0 Å². The molecular weight excluding hydrogens is 379 g/mol. The lowest BCUT2D eigenvalue weighted by atomic mass is 10.2. The molecule has 0 aliphatic heterocycles. The van der Waals surface area contributed by atoms with Gasteiger partial charge < -0.3 is 10.6 Å². The maximum atomic E-state index is 6.28. The molecule has 6 heteroatoms.